The lowest BCUT2D eigenvalue weighted by molar-refractivity contribution is 0.414. The smallest absolute Gasteiger partial charge is 0.261 e. The molecule has 27 heavy (non-hydrogen) atoms. The highest BCUT2D eigenvalue weighted by atomic mass is 32.2. The molecule has 0 aliphatic carbocycles. The molecular formula is C21H20N2O3S. The molecule has 0 aliphatic heterocycles. The first kappa shape index (κ1) is 18.7. The summed E-state index contributed by atoms with van der Waals surface area (Å²) in [5.41, 5.74) is 3.33. The molecule has 0 saturated carbocycles. The Morgan fingerprint density at radius 1 is 1.00 bits per heavy atom. The average molecular weight is 380 g/mol. The summed E-state index contributed by atoms with van der Waals surface area (Å²) < 4.78 is 33.2. The van der Waals surface area contributed by atoms with E-state index in [9.17, 15) is 8.42 Å². The summed E-state index contributed by atoms with van der Waals surface area (Å²) in [5, 5.41) is 0. The quantitative estimate of drug-likeness (QED) is 0.686. The molecule has 6 heteroatoms. The van der Waals surface area contributed by atoms with Gasteiger partial charge >= 0.3 is 0 Å². The lowest BCUT2D eigenvalue weighted by Crippen LogP contribution is -2.13. The van der Waals surface area contributed by atoms with Crippen molar-refractivity contribution in [3.63, 3.8) is 0 Å². The van der Waals surface area contributed by atoms with Crippen LogP contribution in [0.5, 0.6) is 5.75 Å². The van der Waals surface area contributed by atoms with Crippen molar-refractivity contribution in [3.05, 3.63) is 84.2 Å². The zero-order chi connectivity index (χ0) is 19.3. The number of hydrogen-bond acceptors (Lipinski definition) is 4. The fourth-order valence-corrected chi connectivity index (χ4v) is 3.69. The topological polar surface area (TPSA) is 68.3 Å². The first-order valence-electron chi connectivity index (χ1n) is 8.34. The van der Waals surface area contributed by atoms with Crippen LogP contribution in [0, 0.1) is 0 Å². The number of methoxy groups -OCH3 is 1. The minimum absolute atomic E-state index is 0.174. The third-order valence-corrected chi connectivity index (χ3v) is 5.46. The summed E-state index contributed by atoms with van der Waals surface area (Å²) in [5.74, 6) is 0.602. The fourth-order valence-electron chi connectivity index (χ4n) is 2.61. The van der Waals surface area contributed by atoms with E-state index in [1.807, 2.05) is 37.3 Å². The molecule has 1 aromatic heterocycles. The van der Waals surface area contributed by atoms with Crippen LogP contribution < -0.4 is 9.46 Å². The predicted octanol–water partition coefficient (Wildman–Crippen LogP) is 4.45. The number of benzene rings is 2. The summed E-state index contributed by atoms with van der Waals surface area (Å²) >= 11 is 0. The van der Waals surface area contributed by atoms with Crippen molar-refractivity contribution in [1.29, 1.82) is 0 Å². The van der Waals surface area contributed by atoms with Crippen LogP contribution >= 0.6 is 0 Å². The Bertz CT molecular complexity index is 1040. The minimum Gasteiger partial charge on any atom is -0.497 e. The highest BCUT2D eigenvalue weighted by molar-refractivity contribution is 7.92. The van der Waals surface area contributed by atoms with Gasteiger partial charge in [-0.2, -0.15) is 0 Å². The van der Waals surface area contributed by atoms with Gasteiger partial charge < -0.3 is 4.74 Å². The average Bonchev–Trinajstić information content (AvgIpc) is 2.70. The fraction of sp³-hybridized carbons (Fsp3) is 0.0952. The molecule has 3 rings (SSSR count). The third-order valence-electron chi connectivity index (χ3n) is 4.08. The van der Waals surface area contributed by atoms with E-state index in [4.69, 9.17) is 4.74 Å². The number of rotatable bonds is 6. The van der Waals surface area contributed by atoms with Gasteiger partial charge in [0.2, 0.25) is 0 Å². The molecule has 0 aliphatic rings. The highest BCUT2D eigenvalue weighted by Crippen LogP contribution is 2.25. The molecule has 1 N–H and O–H groups in total. The van der Waals surface area contributed by atoms with Crippen molar-refractivity contribution in [2.24, 2.45) is 0 Å². The Morgan fingerprint density at radius 2 is 1.67 bits per heavy atom. The number of para-hydroxylation sites is 1. The molecule has 0 fully saturated rings. The second-order valence-corrected chi connectivity index (χ2v) is 7.61. The van der Waals surface area contributed by atoms with Crippen LogP contribution in [0.3, 0.4) is 0 Å². The van der Waals surface area contributed by atoms with E-state index in [1.165, 1.54) is 19.2 Å². The first-order valence-corrected chi connectivity index (χ1v) is 9.82. The number of pyridine rings is 1. The second kappa shape index (κ2) is 8.05. The van der Waals surface area contributed by atoms with Gasteiger partial charge in [0.15, 0.2) is 0 Å². The number of nitrogens with one attached hydrogen (secondary N) is 1. The van der Waals surface area contributed by atoms with E-state index >= 15 is 0 Å². The van der Waals surface area contributed by atoms with Gasteiger partial charge in [-0.25, -0.2) is 8.42 Å². The van der Waals surface area contributed by atoms with E-state index in [0.717, 1.165) is 16.7 Å². The maximum Gasteiger partial charge on any atom is 0.261 e. The zero-order valence-corrected chi connectivity index (χ0v) is 15.9. The van der Waals surface area contributed by atoms with Crippen LogP contribution in [0.2, 0.25) is 0 Å². The van der Waals surface area contributed by atoms with E-state index in [1.54, 1.807) is 36.7 Å². The first-order chi connectivity index (χ1) is 13.0. The van der Waals surface area contributed by atoms with Crippen LogP contribution in [-0.2, 0) is 10.0 Å². The van der Waals surface area contributed by atoms with Crippen molar-refractivity contribution in [2.45, 2.75) is 11.8 Å². The number of allylic oxidation sites excluding steroid dienone is 1. The summed E-state index contributed by atoms with van der Waals surface area (Å²) in [6.45, 7) is 1.98. The van der Waals surface area contributed by atoms with Gasteiger partial charge in [0.25, 0.3) is 10.0 Å². The Labute approximate surface area is 159 Å². The zero-order valence-electron chi connectivity index (χ0n) is 15.1. The minimum atomic E-state index is -3.71. The maximum atomic E-state index is 12.7. The van der Waals surface area contributed by atoms with Crippen molar-refractivity contribution in [1.82, 2.24) is 4.98 Å². The molecule has 1 heterocycles. The van der Waals surface area contributed by atoms with Gasteiger partial charge in [-0.1, -0.05) is 18.2 Å². The number of ether oxygens (including phenoxy) is 1. The predicted molar refractivity (Wildman–Crippen MR) is 108 cm³/mol. The van der Waals surface area contributed by atoms with E-state index in [0.29, 0.717) is 11.4 Å². The van der Waals surface area contributed by atoms with Crippen molar-refractivity contribution in [3.8, 4) is 5.75 Å². The number of anilines is 1. The molecular weight excluding hydrogens is 360 g/mol. The van der Waals surface area contributed by atoms with Crippen LogP contribution in [0.25, 0.3) is 11.6 Å². The molecule has 2 aromatic carbocycles. The number of hydrogen-bond donors (Lipinski definition) is 1. The van der Waals surface area contributed by atoms with Gasteiger partial charge in [-0.05, 0) is 72.2 Å². The van der Waals surface area contributed by atoms with Gasteiger partial charge in [-0.3, -0.25) is 9.71 Å². The Morgan fingerprint density at radius 3 is 2.33 bits per heavy atom. The molecule has 0 bridgehead atoms. The van der Waals surface area contributed by atoms with Gasteiger partial charge in [0, 0.05) is 12.4 Å². The van der Waals surface area contributed by atoms with E-state index in [-0.39, 0.29) is 4.90 Å². The molecule has 0 unspecified atom stereocenters. The molecule has 3 aromatic rings. The maximum absolute atomic E-state index is 12.7. The summed E-state index contributed by atoms with van der Waals surface area (Å²) in [6, 6.07) is 17.4. The molecule has 0 radical (unpaired) electrons. The monoisotopic (exact) mass is 380 g/mol. The van der Waals surface area contributed by atoms with Crippen LogP contribution in [0.1, 0.15) is 18.1 Å². The highest BCUT2D eigenvalue weighted by Gasteiger charge is 2.15. The lowest BCUT2D eigenvalue weighted by atomic mass is 10.0. The molecule has 138 valence electrons. The molecule has 5 nitrogen and oxygen atoms in total. The van der Waals surface area contributed by atoms with Crippen molar-refractivity contribution >= 4 is 27.4 Å². The Balaban J connectivity index is 1.91. The third kappa shape index (κ3) is 4.54. The summed E-state index contributed by atoms with van der Waals surface area (Å²) in [6.07, 6.45) is 5.40. The van der Waals surface area contributed by atoms with Gasteiger partial charge in [0.1, 0.15) is 5.75 Å². The Kier molecular flexibility index (Phi) is 5.57. The SMILES string of the molecule is COc1ccc(S(=O)(=O)Nc2ccccc2/C=C(\C)c2ccncc2)cc1. The van der Waals surface area contributed by atoms with Crippen LogP contribution in [0.15, 0.2) is 78.0 Å². The largest absolute Gasteiger partial charge is 0.497 e. The summed E-state index contributed by atoms with van der Waals surface area (Å²) in [4.78, 5) is 4.19. The lowest BCUT2D eigenvalue weighted by Gasteiger charge is -2.12. The van der Waals surface area contributed by atoms with Crippen LogP contribution in [0.4, 0.5) is 5.69 Å². The molecule has 0 spiro atoms. The molecule has 0 atom stereocenters. The van der Waals surface area contributed by atoms with E-state index < -0.39 is 10.0 Å². The number of nitrogens with zero attached hydrogens (tertiary/aromatic N) is 1. The normalized spacial score (nSPS) is 11.9. The molecule has 0 saturated heterocycles. The van der Waals surface area contributed by atoms with Gasteiger partial charge in [0.05, 0.1) is 17.7 Å². The number of aromatic nitrogens is 1. The van der Waals surface area contributed by atoms with Crippen molar-refractivity contribution < 1.29 is 13.2 Å². The van der Waals surface area contributed by atoms with Crippen molar-refractivity contribution in [2.75, 3.05) is 11.8 Å². The van der Waals surface area contributed by atoms with E-state index in [2.05, 4.69) is 9.71 Å². The second-order valence-electron chi connectivity index (χ2n) is 5.93. The standard InChI is InChI=1S/C21H20N2O3S/c1-16(17-11-13-22-14-12-17)15-18-5-3-4-6-21(18)23-27(24,25)20-9-7-19(26-2)8-10-20/h3-15,23H,1-2H3/b16-15+. The number of sulfonamides is 1. The van der Waals surface area contributed by atoms with Gasteiger partial charge in [-0.15, -0.1) is 0 Å². The Hall–Kier alpha value is -3.12. The van der Waals surface area contributed by atoms with Crippen LogP contribution in [-0.4, -0.2) is 20.5 Å². The molecule has 0 amide bonds. The summed E-state index contributed by atoms with van der Waals surface area (Å²) in [7, 11) is -2.17.